The van der Waals surface area contributed by atoms with Crippen molar-refractivity contribution in [1.82, 2.24) is 5.23 Å². The van der Waals surface area contributed by atoms with Gasteiger partial charge in [0.1, 0.15) is 6.07 Å². The zero-order valence-electron chi connectivity index (χ0n) is 6.75. The fourth-order valence-corrected chi connectivity index (χ4v) is 0.975. The molecule has 62 valence electrons. The van der Waals surface area contributed by atoms with Gasteiger partial charge in [-0.2, -0.15) is 5.26 Å². The minimum absolute atomic E-state index is 0.118. The summed E-state index contributed by atoms with van der Waals surface area (Å²) >= 11 is 1.17. The van der Waals surface area contributed by atoms with E-state index in [1.807, 2.05) is 0 Å². The van der Waals surface area contributed by atoms with E-state index < -0.39 is 5.97 Å². The summed E-state index contributed by atoms with van der Waals surface area (Å²) in [6.07, 6.45) is 1.69. The van der Waals surface area contributed by atoms with Gasteiger partial charge in [0, 0.05) is 0 Å². The summed E-state index contributed by atoms with van der Waals surface area (Å²) < 4.78 is 4.36. The maximum Gasteiger partial charge on any atom is 0.351 e. The third-order valence-corrected chi connectivity index (χ3v) is 1.79. The first kappa shape index (κ1) is 10.9. The Morgan fingerprint density at radius 1 is 1.75 bits per heavy atom. The molecule has 0 spiro atoms. The SMILES string of the molecule is [B]N/C(SC)=C(\C#N)C(=O)OC. The van der Waals surface area contributed by atoms with Crippen LogP contribution in [-0.2, 0) is 9.53 Å². The van der Waals surface area contributed by atoms with Crippen LogP contribution in [0.2, 0.25) is 0 Å². The minimum atomic E-state index is -0.695. The van der Waals surface area contributed by atoms with E-state index in [1.165, 1.54) is 18.9 Å². The number of esters is 1. The van der Waals surface area contributed by atoms with Crippen LogP contribution in [0.5, 0.6) is 0 Å². The van der Waals surface area contributed by atoms with Gasteiger partial charge in [0.05, 0.1) is 12.1 Å². The predicted molar refractivity (Wildman–Crippen MR) is 47.1 cm³/mol. The van der Waals surface area contributed by atoms with Crippen molar-refractivity contribution in [3.8, 4) is 6.07 Å². The molecule has 0 aliphatic heterocycles. The van der Waals surface area contributed by atoms with Gasteiger partial charge in [-0.1, -0.05) is 0 Å². The number of methoxy groups -OCH3 is 1. The molecule has 1 N–H and O–H groups in total. The van der Waals surface area contributed by atoms with Crippen LogP contribution in [0.15, 0.2) is 10.6 Å². The van der Waals surface area contributed by atoms with E-state index in [1.54, 1.807) is 12.3 Å². The second kappa shape index (κ2) is 5.55. The van der Waals surface area contributed by atoms with Crippen molar-refractivity contribution in [2.24, 2.45) is 0 Å². The van der Waals surface area contributed by atoms with Crippen molar-refractivity contribution < 1.29 is 9.53 Å². The first-order valence-electron chi connectivity index (χ1n) is 2.94. The first-order valence-corrected chi connectivity index (χ1v) is 4.17. The van der Waals surface area contributed by atoms with Gasteiger partial charge >= 0.3 is 5.97 Å². The number of hydrogen-bond acceptors (Lipinski definition) is 5. The van der Waals surface area contributed by atoms with Crippen LogP contribution < -0.4 is 5.23 Å². The van der Waals surface area contributed by atoms with Crippen molar-refractivity contribution in [1.29, 1.82) is 5.26 Å². The molecule has 0 saturated carbocycles. The molecule has 0 rings (SSSR count). The third-order valence-electron chi connectivity index (χ3n) is 1.06. The van der Waals surface area contributed by atoms with Crippen LogP contribution in [0.3, 0.4) is 0 Å². The van der Waals surface area contributed by atoms with Gasteiger partial charge in [-0.15, -0.1) is 11.8 Å². The molecule has 0 aromatic rings. The molecule has 0 fully saturated rings. The molecule has 0 unspecified atom stereocenters. The molecule has 6 heteroatoms. The number of ether oxygens (including phenoxy) is 1. The molecule has 0 atom stereocenters. The average Bonchev–Trinajstić information content (AvgIpc) is 2.12. The summed E-state index contributed by atoms with van der Waals surface area (Å²) in [5, 5.41) is 11.1. The van der Waals surface area contributed by atoms with Crippen LogP contribution in [0.25, 0.3) is 0 Å². The summed E-state index contributed by atoms with van der Waals surface area (Å²) in [6, 6.07) is 1.70. The number of nitrogens with zero attached hydrogens (tertiary/aromatic N) is 1. The van der Waals surface area contributed by atoms with Crippen molar-refractivity contribution in [2.75, 3.05) is 13.4 Å². The van der Waals surface area contributed by atoms with Crippen LogP contribution >= 0.6 is 11.8 Å². The number of nitriles is 1. The molecule has 4 nitrogen and oxygen atoms in total. The number of carbonyl (C=O) groups excluding carboxylic acids is 1. The fraction of sp³-hybridized carbons (Fsp3) is 0.333. The van der Waals surface area contributed by atoms with E-state index in [0.29, 0.717) is 5.03 Å². The molecular weight excluding hydrogens is 175 g/mol. The van der Waals surface area contributed by atoms with Gasteiger partial charge in [0.25, 0.3) is 0 Å². The highest BCUT2D eigenvalue weighted by Crippen LogP contribution is 2.13. The topological polar surface area (TPSA) is 62.1 Å². The highest BCUT2D eigenvalue weighted by Gasteiger charge is 2.13. The Hall–Kier alpha value is -1.09. The maximum absolute atomic E-state index is 10.9. The summed E-state index contributed by atoms with van der Waals surface area (Å²) in [6.45, 7) is 0. The van der Waals surface area contributed by atoms with E-state index in [-0.39, 0.29) is 5.57 Å². The zero-order chi connectivity index (χ0) is 9.56. The summed E-state index contributed by atoms with van der Waals surface area (Å²) in [5.74, 6) is -0.695. The van der Waals surface area contributed by atoms with Crippen molar-refractivity contribution >= 4 is 25.7 Å². The highest BCUT2D eigenvalue weighted by molar-refractivity contribution is 8.02. The lowest BCUT2D eigenvalue weighted by Gasteiger charge is -2.04. The van der Waals surface area contributed by atoms with Gasteiger partial charge < -0.3 is 9.96 Å². The van der Waals surface area contributed by atoms with Gasteiger partial charge in [0.15, 0.2) is 5.57 Å². The summed E-state index contributed by atoms with van der Waals surface area (Å²) in [4.78, 5) is 10.9. The maximum atomic E-state index is 10.9. The lowest BCUT2D eigenvalue weighted by atomic mass is 10.3. The number of carbonyl (C=O) groups is 1. The average molecular weight is 182 g/mol. The Morgan fingerprint density at radius 3 is 2.58 bits per heavy atom. The van der Waals surface area contributed by atoms with E-state index in [2.05, 4.69) is 9.96 Å². The molecule has 0 amide bonds. The molecule has 0 aliphatic rings. The van der Waals surface area contributed by atoms with Gasteiger partial charge in [-0.05, 0) is 6.26 Å². The van der Waals surface area contributed by atoms with Crippen LogP contribution in [0, 0.1) is 11.3 Å². The predicted octanol–water partition coefficient (Wildman–Crippen LogP) is -0.0693. The van der Waals surface area contributed by atoms with Gasteiger partial charge in [0.2, 0.25) is 7.98 Å². The molecule has 0 aromatic heterocycles. The zero-order valence-corrected chi connectivity index (χ0v) is 7.57. The lowest BCUT2D eigenvalue weighted by molar-refractivity contribution is -0.135. The fourth-order valence-electron chi connectivity index (χ4n) is 0.524. The molecule has 2 radical (unpaired) electrons. The third kappa shape index (κ3) is 2.51. The highest BCUT2D eigenvalue weighted by atomic mass is 32.2. The van der Waals surface area contributed by atoms with Gasteiger partial charge in [-0.3, -0.25) is 0 Å². The minimum Gasteiger partial charge on any atom is -0.465 e. The number of nitrogens with one attached hydrogen (secondary N) is 1. The van der Waals surface area contributed by atoms with Crippen LogP contribution in [0.1, 0.15) is 0 Å². The molecule has 0 saturated heterocycles. The monoisotopic (exact) mass is 182 g/mol. The summed E-state index contributed by atoms with van der Waals surface area (Å²) in [7, 11) is 6.27. The Bertz CT molecular complexity index is 240. The van der Waals surface area contributed by atoms with Crippen molar-refractivity contribution in [2.45, 2.75) is 0 Å². The molecule has 0 aliphatic carbocycles. The smallest absolute Gasteiger partial charge is 0.351 e. The molecule has 12 heavy (non-hydrogen) atoms. The molecular formula is C6H7BN2O2S. The van der Waals surface area contributed by atoms with Crippen molar-refractivity contribution in [3.05, 3.63) is 10.6 Å². The van der Waals surface area contributed by atoms with E-state index >= 15 is 0 Å². The first-order chi connectivity index (χ1) is 5.71. The second-order valence-electron chi connectivity index (χ2n) is 1.66. The van der Waals surface area contributed by atoms with E-state index in [4.69, 9.17) is 13.2 Å². The Kier molecular flexibility index (Phi) is 5.05. The number of thioether (sulfide) groups is 1. The van der Waals surface area contributed by atoms with Crippen molar-refractivity contribution in [3.63, 3.8) is 0 Å². The largest absolute Gasteiger partial charge is 0.465 e. The van der Waals surface area contributed by atoms with Crippen LogP contribution in [-0.4, -0.2) is 27.3 Å². The normalized spacial score (nSPS) is 11.1. The quantitative estimate of drug-likeness (QED) is 0.286. The Labute approximate surface area is 76.4 Å². The van der Waals surface area contributed by atoms with Gasteiger partial charge in [-0.25, -0.2) is 4.79 Å². The standard InChI is InChI=1S/C6H7BN2O2S/c1-11-6(10)4(3-8)5(9-7)12-2/h9H,1-2H3/b5-4-. The second-order valence-corrected chi connectivity index (χ2v) is 2.47. The Morgan fingerprint density at radius 2 is 2.33 bits per heavy atom. The number of rotatable bonds is 3. The molecule has 0 heterocycles. The molecule has 0 aromatic carbocycles. The summed E-state index contributed by atoms with van der Waals surface area (Å²) in [5.41, 5.74) is -0.118. The molecule has 0 bridgehead atoms. The Balaban J connectivity index is 4.85. The number of hydrogen-bond donors (Lipinski definition) is 1. The lowest BCUT2D eigenvalue weighted by Crippen LogP contribution is -2.13. The van der Waals surface area contributed by atoms with Crippen LogP contribution in [0.4, 0.5) is 0 Å². The van der Waals surface area contributed by atoms with E-state index in [9.17, 15) is 4.79 Å². The van der Waals surface area contributed by atoms with E-state index in [0.717, 1.165) is 0 Å².